The number of hydrogen-bond acceptors (Lipinski definition) is 5. The molecule has 0 saturated heterocycles. The molecule has 1 aromatic heterocycles. The van der Waals surface area contributed by atoms with Crippen molar-refractivity contribution in [3.63, 3.8) is 0 Å². The van der Waals surface area contributed by atoms with Crippen LogP contribution in [-0.2, 0) is 6.18 Å². The van der Waals surface area contributed by atoms with Gasteiger partial charge in [-0.25, -0.2) is 4.98 Å². The van der Waals surface area contributed by atoms with E-state index in [1.54, 1.807) is 31.5 Å². The molecule has 9 heteroatoms. The molecule has 0 bridgehead atoms. The molecule has 2 heterocycles. The number of nitrogens with zero attached hydrogens (tertiary/aromatic N) is 2. The number of rotatable bonds is 4. The number of alkyl halides is 3. The summed E-state index contributed by atoms with van der Waals surface area (Å²) in [6, 6.07) is 13.0. The van der Waals surface area contributed by atoms with E-state index in [9.17, 15) is 18.0 Å². The number of fused-ring (bicyclic) bond motifs is 1. The van der Waals surface area contributed by atoms with Gasteiger partial charge in [0, 0.05) is 5.69 Å². The Kier molecular flexibility index (Phi) is 5.41. The van der Waals surface area contributed by atoms with Crippen molar-refractivity contribution >= 4 is 23.1 Å². The molecule has 160 valence electrons. The zero-order valence-electron chi connectivity index (χ0n) is 16.4. The molecule has 0 aliphatic carbocycles. The fourth-order valence-corrected chi connectivity index (χ4v) is 3.26. The quantitative estimate of drug-likeness (QED) is 0.640. The van der Waals surface area contributed by atoms with Crippen LogP contribution in [0.25, 0.3) is 0 Å². The highest BCUT2D eigenvalue weighted by atomic mass is 19.4. The molecule has 3 aromatic rings. The van der Waals surface area contributed by atoms with Crippen molar-refractivity contribution < 1.29 is 27.4 Å². The van der Waals surface area contributed by atoms with E-state index in [1.807, 2.05) is 17.0 Å². The predicted molar refractivity (Wildman–Crippen MR) is 109 cm³/mol. The molecular weight excluding hydrogens is 411 g/mol. The number of methoxy groups -OCH3 is 1. The number of nitrogens with one attached hydrogen (secondary N) is 1. The normalized spacial score (nSPS) is 13.2. The van der Waals surface area contributed by atoms with E-state index in [2.05, 4.69) is 10.3 Å². The number of benzene rings is 2. The standard InChI is InChI=1S/C22H18F3N3O3/c1-30-16-9-10-19(26-13-16)28-11-12-31-20-17(3-2-4-18(20)28)21(29)27-15-7-5-14(6-8-15)22(23,24)25/h2-10,13H,11-12H2,1H3,(H,27,29). The van der Waals surface area contributed by atoms with Crippen LogP contribution in [0.4, 0.5) is 30.4 Å². The van der Waals surface area contributed by atoms with Crippen molar-refractivity contribution in [2.75, 3.05) is 30.5 Å². The van der Waals surface area contributed by atoms with Crippen LogP contribution in [0.15, 0.2) is 60.8 Å². The van der Waals surface area contributed by atoms with Crippen LogP contribution in [0, 0.1) is 0 Å². The number of ether oxygens (including phenoxy) is 2. The van der Waals surface area contributed by atoms with Gasteiger partial charge >= 0.3 is 6.18 Å². The van der Waals surface area contributed by atoms with Crippen molar-refractivity contribution in [2.24, 2.45) is 0 Å². The van der Waals surface area contributed by atoms with Gasteiger partial charge in [0.25, 0.3) is 5.91 Å². The molecule has 31 heavy (non-hydrogen) atoms. The molecule has 4 rings (SSSR count). The van der Waals surface area contributed by atoms with Gasteiger partial charge in [-0.2, -0.15) is 13.2 Å². The average molecular weight is 429 g/mol. The topological polar surface area (TPSA) is 63.7 Å². The first-order chi connectivity index (χ1) is 14.9. The number of amides is 1. The van der Waals surface area contributed by atoms with Crippen LogP contribution in [0.2, 0.25) is 0 Å². The average Bonchev–Trinajstić information content (AvgIpc) is 2.78. The lowest BCUT2D eigenvalue weighted by Gasteiger charge is -2.31. The summed E-state index contributed by atoms with van der Waals surface area (Å²) in [6.07, 6.45) is -2.83. The zero-order chi connectivity index (χ0) is 22.0. The predicted octanol–water partition coefficient (Wildman–Crippen LogP) is 4.89. The Morgan fingerprint density at radius 3 is 2.55 bits per heavy atom. The van der Waals surface area contributed by atoms with Crippen LogP contribution < -0.4 is 19.7 Å². The van der Waals surface area contributed by atoms with Crippen LogP contribution in [0.5, 0.6) is 11.5 Å². The van der Waals surface area contributed by atoms with Crippen LogP contribution in [0.3, 0.4) is 0 Å². The third kappa shape index (κ3) is 4.25. The van der Waals surface area contributed by atoms with Crippen molar-refractivity contribution in [3.8, 4) is 11.5 Å². The first-order valence-corrected chi connectivity index (χ1v) is 9.39. The highest BCUT2D eigenvalue weighted by molar-refractivity contribution is 6.07. The minimum atomic E-state index is -4.44. The summed E-state index contributed by atoms with van der Waals surface area (Å²) in [6.45, 7) is 0.877. The second-order valence-electron chi connectivity index (χ2n) is 6.74. The fraction of sp³-hybridized carbons (Fsp3) is 0.182. The molecular formula is C22H18F3N3O3. The Hall–Kier alpha value is -3.75. The van der Waals surface area contributed by atoms with Gasteiger partial charge in [0.2, 0.25) is 0 Å². The van der Waals surface area contributed by atoms with Gasteiger partial charge in [-0.3, -0.25) is 4.79 Å². The summed E-state index contributed by atoms with van der Waals surface area (Å²) in [5, 5.41) is 2.62. The van der Waals surface area contributed by atoms with Crippen molar-refractivity contribution in [2.45, 2.75) is 6.18 Å². The minimum absolute atomic E-state index is 0.250. The maximum absolute atomic E-state index is 12.8. The van der Waals surface area contributed by atoms with E-state index < -0.39 is 17.6 Å². The molecule has 6 nitrogen and oxygen atoms in total. The second kappa shape index (κ2) is 8.17. The first kappa shape index (κ1) is 20.5. The van der Waals surface area contributed by atoms with Crippen LogP contribution in [-0.4, -0.2) is 31.2 Å². The Labute approximate surface area is 176 Å². The van der Waals surface area contributed by atoms with E-state index in [1.165, 1.54) is 12.1 Å². The Bertz CT molecular complexity index is 1080. The Morgan fingerprint density at radius 1 is 1.13 bits per heavy atom. The van der Waals surface area contributed by atoms with Gasteiger partial charge in [0.15, 0.2) is 5.75 Å². The highest BCUT2D eigenvalue weighted by Crippen LogP contribution is 2.39. The highest BCUT2D eigenvalue weighted by Gasteiger charge is 2.30. The molecule has 1 aliphatic heterocycles. The third-order valence-electron chi connectivity index (χ3n) is 4.79. The fourth-order valence-electron chi connectivity index (χ4n) is 3.26. The largest absolute Gasteiger partial charge is 0.495 e. The number of carbonyl (C=O) groups is 1. The molecule has 1 N–H and O–H groups in total. The van der Waals surface area contributed by atoms with E-state index in [4.69, 9.17) is 9.47 Å². The second-order valence-corrected chi connectivity index (χ2v) is 6.74. The SMILES string of the molecule is COc1ccc(N2CCOc3c(C(=O)Nc4ccc(C(F)(F)F)cc4)cccc32)nc1. The summed E-state index contributed by atoms with van der Waals surface area (Å²) in [5.41, 5.74) is 0.410. The molecule has 0 unspecified atom stereocenters. The maximum atomic E-state index is 12.8. The number of para-hydroxylation sites is 1. The van der Waals surface area contributed by atoms with Crippen LogP contribution in [0.1, 0.15) is 15.9 Å². The first-order valence-electron chi connectivity index (χ1n) is 9.39. The van der Waals surface area contributed by atoms with Gasteiger partial charge in [-0.15, -0.1) is 0 Å². The van der Waals surface area contributed by atoms with E-state index in [0.29, 0.717) is 36.2 Å². The van der Waals surface area contributed by atoms with Crippen molar-refractivity contribution in [1.82, 2.24) is 4.98 Å². The molecule has 1 aliphatic rings. The van der Waals surface area contributed by atoms with Crippen molar-refractivity contribution in [1.29, 1.82) is 0 Å². The number of carbonyl (C=O) groups excluding carboxylic acids is 1. The number of halogens is 3. The number of hydrogen-bond donors (Lipinski definition) is 1. The molecule has 1 amide bonds. The molecule has 0 radical (unpaired) electrons. The number of pyridine rings is 1. The van der Waals surface area contributed by atoms with Gasteiger partial charge in [0.1, 0.15) is 18.2 Å². The molecule has 0 spiro atoms. The monoisotopic (exact) mass is 429 g/mol. The lowest BCUT2D eigenvalue weighted by atomic mass is 10.1. The molecule has 0 fully saturated rings. The lowest BCUT2D eigenvalue weighted by Crippen LogP contribution is -2.30. The van der Waals surface area contributed by atoms with E-state index in [-0.39, 0.29) is 11.3 Å². The summed E-state index contributed by atoms with van der Waals surface area (Å²) in [7, 11) is 1.56. The Balaban J connectivity index is 1.59. The lowest BCUT2D eigenvalue weighted by molar-refractivity contribution is -0.137. The smallest absolute Gasteiger partial charge is 0.416 e. The van der Waals surface area contributed by atoms with Gasteiger partial charge in [-0.05, 0) is 48.5 Å². The molecule has 0 atom stereocenters. The molecule has 2 aromatic carbocycles. The van der Waals surface area contributed by atoms with Crippen molar-refractivity contribution in [3.05, 3.63) is 71.9 Å². The zero-order valence-corrected chi connectivity index (χ0v) is 16.4. The van der Waals surface area contributed by atoms with Crippen LogP contribution >= 0.6 is 0 Å². The summed E-state index contributed by atoms with van der Waals surface area (Å²) >= 11 is 0. The minimum Gasteiger partial charge on any atom is -0.495 e. The maximum Gasteiger partial charge on any atom is 0.416 e. The number of anilines is 3. The Morgan fingerprint density at radius 2 is 1.90 bits per heavy atom. The van der Waals surface area contributed by atoms with Gasteiger partial charge < -0.3 is 19.7 Å². The number of aromatic nitrogens is 1. The third-order valence-corrected chi connectivity index (χ3v) is 4.79. The van der Waals surface area contributed by atoms with Gasteiger partial charge in [-0.1, -0.05) is 6.07 Å². The molecule has 0 saturated carbocycles. The van der Waals surface area contributed by atoms with E-state index in [0.717, 1.165) is 12.1 Å². The summed E-state index contributed by atoms with van der Waals surface area (Å²) < 4.78 is 49.1. The summed E-state index contributed by atoms with van der Waals surface area (Å²) in [4.78, 5) is 19.1. The summed E-state index contributed by atoms with van der Waals surface area (Å²) in [5.74, 6) is 1.20. The van der Waals surface area contributed by atoms with E-state index >= 15 is 0 Å². The van der Waals surface area contributed by atoms with Gasteiger partial charge in [0.05, 0.1) is 36.7 Å².